The van der Waals surface area contributed by atoms with Gasteiger partial charge in [-0.05, 0) is 29.7 Å². The number of hydrogen-bond acceptors (Lipinski definition) is 1. The van der Waals surface area contributed by atoms with Crippen LogP contribution in [0.1, 0.15) is 11.1 Å². The fourth-order valence-corrected chi connectivity index (χ4v) is 1.82. The average molecular weight is 259 g/mol. The van der Waals surface area contributed by atoms with Crippen LogP contribution in [0.25, 0.3) is 0 Å². The zero-order chi connectivity index (χ0) is 12.8. The van der Waals surface area contributed by atoms with Gasteiger partial charge < -0.3 is 5.73 Å². The van der Waals surface area contributed by atoms with E-state index in [0.717, 1.165) is 12.1 Å². The maximum atomic E-state index is 5.63. The van der Waals surface area contributed by atoms with Crippen LogP contribution in [0, 0.1) is 0 Å². The summed E-state index contributed by atoms with van der Waals surface area (Å²) in [5.74, 6) is 0.691. The smallest absolute Gasteiger partial charge is 0.115 e. The summed E-state index contributed by atoms with van der Waals surface area (Å²) in [6.45, 7) is 0. The summed E-state index contributed by atoms with van der Waals surface area (Å²) in [5, 5.41) is 0. The van der Waals surface area contributed by atoms with E-state index in [2.05, 4.69) is 23.2 Å². The number of halogens is 1. The monoisotopic (exact) mass is 258 g/mol. The molecule has 0 saturated heterocycles. The Morgan fingerprint density at radius 2 is 1.72 bits per heavy atom. The number of nitrogens with two attached hydrogens (primary N) is 1. The van der Waals surface area contributed by atoms with Crippen LogP contribution in [0.5, 0.6) is 0 Å². The minimum Gasteiger partial charge on any atom is -0.386 e. The number of aliphatic imine (C=N–C) groups is 1. The van der Waals surface area contributed by atoms with Crippen molar-refractivity contribution in [2.75, 3.05) is 5.88 Å². The molecule has 0 fully saturated rings. The van der Waals surface area contributed by atoms with Crippen LogP contribution in [0.3, 0.4) is 0 Å². The molecule has 0 heterocycles. The molecule has 0 saturated carbocycles. The van der Waals surface area contributed by atoms with Gasteiger partial charge in [-0.2, -0.15) is 0 Å². The van der Waals surface area contributed by atoms with Crippen molar-refractivity contribution < 1.29 is 0 Å². The summed E-state index contributed by atoms with van der Waals surface area (Å²) in [4.78, 5) is 4.24. The lowest BCUT2D eigenvalue weighted by Crippen LogP contribution is -2.12. The first kappa shape index (κ1) is 12.7. The standard InChI is InChI=1S/C15H15ClN2/c16-11-15(17)18-14-8-4-7-13(10-14)9-12-5-2-1-3-6-12/h1-8,10H,9,11H2,(H2,17,18). The van der Waals surface area contributed by atoms with Gasteiger partial charge >= 0.3 is 0 Å². The summed E-state index contributed by atoms with van der Waals surface area (Å²) in [6, 6.07) is 18.4. The third-order valence-corrected chi connectivity index (χ3v) is 2.85. The Kier molecular flexibility index (Phi) is 4.37. The van der Waals surface area contributed by atoms with Crippen molar-refractivity contribution in [1.82, 2.24) is 0 Å². The summed E-state index contributed by atoms with van der Waals surface area (Å²) in [5.41, 5.74) is 8.97. The van der Waals surface area contributed by atoms with Gasteiger partial charge in [-0.3, -0.25) is 0 Å². The quantitative estimate of drug-likeness (QED) is 0.509. The molecule has 2 aromatic carbocycles. The first-order valence-corrected chi connectivity index (χ1v) is 6.33. The second-order valence-electron chi connectivity index (χ2n) is 4.07. The van der Waals surface area contributed by atoms with Crippen molar-refractivity contribution in [3.05, 3.63) is 65.7 Å². The Balaban J connectivity index is 2.18. The van der Waals surface area contributed by atoms with E-state index in [0.29, 0.717) is 5.84 Å². The zero-order valence-electron chi connectivity index (χ0n) is 10.0. The average Bonchev–Trinajstić information content (AvgIpc) is 2.40. The van der Waals surface area contributed by atoms with E-state index in [9.17, 15) is 0 Å². The Morgan fingerprint density at radius 3 is 2.44 bits per heavy atom. The number of benzene rings is 2. The van der Waals surface area contributed by atoms with Crippen molar-refractivity contribution in [1.29, 1.82) is 0 Å². The molecule has 0 unspecified atom stereocenters. The molecule has 2 aromatic rings. The molecule has 92 valence electrons. The van der Waals surface area contributed by atoms with Crippen molar-refractivity contribution in [3.63, 3.8) is 0 Å². The van der Waals surface area contributed by atoms with E-state index in [4.69, 9.17) is 17.3 Å². The van der Waals surface area contributed by atoms with Gasteiger partial charge in [-0.25, -0.2) is 4.99 Å². The topological polar surface area (TPSA) is 38.4 Å². The van der Waals surface area contributed by atoms with Crippen molar-refractivity contribution >= 4 is 23.1 Å². The van der Waals surface area contributed by atoms with Gasteiger partial charge in [0.05, 0.1) is 11.6 Å². The van der Waals surface area contributed by atoms with Crippen LogP contribution in [-0.4, -0.2) is 11.7 Å². The lowest BCUT2D eigenvalue weighted by Gasteiger charge is -2.03. The molecule has 0 radical (unpaired) electrons. The molecule has 0 aliphatic heterocycles. The fourth-order valence-electron chi connectivity index (χ4n) is 1.76. The molecule has 0 aromatic heterocycles. The van der Waals surface area contributed by atoms with Crippen molar-refractivity contribution in [3.8, 4) is 0 Å². The molecule has 2 rings (SSSR count). The van der Waals surface area contributed by atoms with Gasteiger partial charge in [-0.1, -0.05) is 42.5 Å². The molecular formula is C15H15ClN2. The number of nitrogens with zero attached hydrogens (tertiary/aromatic N) is 1. The second kappa shape index (κ2) is 6.22. The van der Waals surface area contributed by atoms with E-state index in [-0.39, 0.29) is 5.88 Å². The maximum Gasteiger partial charge on any atom is 0.115 e. The van der Waals surface area contributed by atoms with Crippen molar-refractivity contribution in [2.45, 2.75) is 6.42 Å². The Hall–Kier alpha value is -1.80. The van der Waals surface area contributed by atoms with E-state index < -0.39 is 0 Å². The first-order chi connectivity index (χ1) is 8.78. The van der Waals surface area contributed by atoms with Gasteiger partial charge in [0.15, 0.2) is 0 Å². The van der Waals surface area contributed by atoms with Crippen LogP contribution < -0.4 is 5.73 Å². The fraction of sp³-hybridized carbons (Fsp3) is 0.133. The number of amidine groups is 1. The molecule has 0 atom stereocenters. The third-order valence-electron chi connectivity index (χ3n) is 2.57. The molecule has 0 spiro atoms. The highest BCUT2D eigenvalue weighted by atomic mass is 35.5. The number of alkyl halides is 1. The molecule has 18 heavy (non-hydrogen) atoms. The highest BCUT2D eigenvalue weighted by Crippen LogP contribution is 2.17. The Bertz CT molecular complexity index is 535. The molecule has 0 amide bonds. The van der Waals surface area contributed by atoms with E-state index >= 15 is 0 Å². The molecule has 3 heteroatoms. The zero-order valence-corrected chi connectivity index (χ0v) is 10.8. The summed E-state index contributed by atoms with van der Waals surface area (Å²) in [6.07, 6.45) is 0.894. The predicted molar refractivity (Wildman–Crippen MR) is 77.7 cm³/mol. The van der Waals surface area contributed by atoms with Gasteiger partial charge in [0.2, 0.25) is 0 Å². The highest BCUT2D eigenvalue weighted by molar-refractivity contribution is 6.28. The molecule has 0 bridgehead atoms. The third kappa shape index (κ3) is 3.60. The summed E-state index contributed by atoms with van der Waals surface area (Å²) < 4.78 is 0. The molecule has 2 nitrogen and oxygen atoms in total. The minimum atomic E-state index is 0.253. The number of rotatable bonds is 4. The van der Waals surface area contributed by atoms with Crippen LogP contribution in [0.2, 0.25) is 0 Å². The minimum absolute atomic E-state index is 0.253. The molecule has 0 aliphatic carbocycles. The van der Waals surface area contributed by atoms with Crippen LogP contribution in [-0.2, 0) is 6.42 Å². The predicted octanol–water partition coefficient (Wildman–Crippen LogP) is 3.50. The molecule has 0 aliphatic rings. The number of hydrogen-bond donors (Lipinski definition) is 1. The lowest BCUT2D eigenvalue weighted by molar-refractivity contribution is 1.19. The van der Waals surface area contributed by atoms with Crippen LogP contribution in [0.4, 0.5) is 5.69 Å². The van der Waals surface area contributed by atoms with Gasteiger partial charge in [0.25, 0.3) is 0 Å². The van der Waals surface area contributed by atoms with Crippen LogP contribution in [0.15, 0.2) is 59.6 Å². The van der Waals surface area contributed by atoms with Crippen molar-refractivity contribution in [2.24, 2.45) is 10.7 Å². The largest absolute Gasteiger partial charge is 0.386 e. The second-order valence-corrected chi connectivity index (χ2v) is 4.34. The summed E-state index contributed by atoms with van der Waals surface area (Å²) >= 11 is 5.62. The van der Waals surface area contributed by atoms with E-state index in [1.807, 2.05) is 36.4 Å². The van der Waals surface area contributed by atoms with Crippen LogP contribution >= 0.6 is 11.6 Å². The molecule has 2 N–H and O–H groups in total. The van der Waals surface area contributed by atoms with Gasteiger partial charge in [0, 0.05) is 0 Å². The van der Waals surface area contributed by atoms with Gasteiger partial charge in [0.1, 0.15) is 5.84 Å². The molecular weight excluding hydrogens is 244 g/mol. The maximum absolute atomic E-state index is 5.63. The van der Waals surface area contributed by atoms with E-state index in [1.54, 1.807) is 0 Å². The van der Waals surface area contributed by atoms with E-state index in [1.165, 1.54) is 11.1 Å². The normalized spacial score (nSPS) is 11.5. The SMILES string of the molecule is NC(CCl)=Nc1cccc(Cc2ccccc2)c1. The summed E-state index contributed by atoms with van der Waals surface area (Å²) in [7, 11) is 0. The Labute approximate surface area is 112 Å². The van der Waals surface area contributed by atoms with Gasteiger partial charge in [-0.15, -0.1) is 11.6 Å². The Morgan fingerprint density at radius 1 is 1.00 bits per heavy atom. The lowest BCUT2D eigenvalue weighted by atomic mass is 10.0. The first-order valence-electron chi connectivity index (χ1n) is 5.80. The highest BCUT2D eigenvalue weighted by Gasteiger charge is 1.98.